The second kappa shape index (κ2) is 7.84. The fourth-order valence-electron chi connectivity index (χ4n) is 2.23. The molecule has 2 aromatic carbocycles. The van der Waals surface area contributed by atoms with Gasteiger partial charge in [0.05, 0.1) is 15.5 Å². The van der Waals surface area contributed by atoms with Gasteiger partial charge in [0.1, 0.15) is 0 Å². The first-order chi connectivity index (χ1) is 11.6. The molecule has 0 aliphatic rings. The Labute approximate surface area is 153 Å². The lowest BCUT2D eigenvalue weighted by Crippen LogP contribution is -2.26. The quantitative estimate of drug-likeness (QED) is 0.737. The predicted octanol–water partition coefficient (Wildman–Crippen LogP) is 2.11. The highest BCUT2D eigenvalue weighted by molar-refractivity contribution is 7.91. The lowest BCUT2D eigenvalue weighted by Gasteiger charge is -2.15. The zero-order valence-electron chi connectivity index (χ0n) is 13.5. The van der Waals surface area contributed by atoms with E-state index in [9.17, 15) is 16.8 Å². The van der Waals surface area contributed by atoms with E-state index in [0.717, 1.165) is 5.56 Å². The van der Waals surface area contributed by atoms with Crippen molar-refractivity contribution in [3.8, 4) is 0 Å². The van der Waals surface area contributed by atoms with Gasteiger partial charge in [-0.15, -0.1) is 0 Å². The zero-order valence-corrected chi connectivity index (χ0v) is 15.9. The number of sulfonamides is 1. The van der Waals surface area contributed by atoms with E-state index in [4.69, 9.17) is 16.7 Å². The maximum Gasteiger partial charge on any atom is 0.238 e. The summed E-state index contributed by atoms with van der Waals surface area (Å²) in [5, 5.41) is 8.65. The molecule has 3 N–H and O–H groups in total. The smallest absolute Gasteiger partial charge is 0.238 e. The van der Waals surface area contributed by atoms with Crippen LogP contribution in [0.2, 0.25) is 5.02 Å². The number of benzene rings is 2. The molecule has 0 aliphatic heterocycles. The number of primary sulfonamides is 1. The molecule has 0 heterocycles. The van der Waals surface area contributed by atoms with Crippen LogP contribution in [0.4, 0.5) is 0 Å². The highest BCUT2D eigenvalue weighted by Gasteiger charge is 2.15. The Morgan fingerprint density at radius 1 is 0.960 bits per heavy atom. The molecule has 9 heteroatoms. The van der Waals surface area contributed by atoms with E-state index in [1.54, 1.807) is 12.1 Å². The molecule has 0 fully saturated rings. The van der Waals surface area contributed by atoms with Crippen LogP contribution >= 0.6 is 11.6 Å². The van der Waals surface area contributed by atoms with Crippen LogP contribution in [0.25, 0.3) is 0 Å². The second-order valence-electron chi connectivity index (χ2n) is 5.56. The first-order valence-corrected chi connectivity index (χ1v) is 11.0. The lowest BCUT2D eigenvalue weighted by molar-refractivity contribution is 0.571. The van der Waals surface area contributed by atoms with E-state index in [0.29, 0.717) is 5.02 Å². The first kappa shape index (κ1) is 19.9. The molecule has 0 saturated heterocycles. The van der Waals surface area contributed by atoms with Gasteiger partial charge in [0, 0.05) is 17.6 Å². The zero-order chi connectivity index (χ0) is 18.7. The number of nitrogens with one attached hydrogen (secondary N) is 1. The van der Waals surface area contributed by atoms with Crippen molar-refractivity contribution >= 4 is 31.5 Å². The predicted molar refractivity (Wildman–Crippen MR) is 97.7 cm³/mol. The van der Waals surface area contributed by atoms with Gasteiger partial charge in [0.2, 0.25) is 10.0 Å². The van der Waals surface area contributed by atoms with Crippen LogP contribution in [0.3, 0.4) is 0 Å². The summed E-state index contributed by atoms with van der Waals surface area (Å²) in [6.07, 6.45) is 0. The van der Waals surface area contributed by atoms with Crippen LogP contribution in [-0.4, -0.2) is 29.1 Å². The van der Waals surface area contributed by atoms with Gasteiger partial charge >= 0.3 is 0 Å². The number of hydrogen-bond acceptors (Lipinski definition) is 5. The molecule has 2 rings (SSSR count). The third-order valence-corrected chi connectivity index (χ3v) is 6.62. The summed E-state index contributed by atoms with van der Waals surface area (Å²) in [4.78, 5) is 0.262. The second-order valence-corrected chi connectivity index (χ2v) is 9.67. The van der Waals surface area contributed by atoms with Crippen molar-refractivity contribution in [2.45, 2.75) is 22.8 Å². The topological polar surface area (TPSA) is 106 Å². The number of nitrogens with two attached hydrogens (primary N) is 1. The highest BCUT2D eigenvalue weighted by atomic mass is 35.5. The van der Waals surface area contributed by atoms with Crippen LogP contribution in [0.15, 0.2) is 58.3 Å². The molecule has 0 radical (unpaired) electrons. The Morgan fingerprint density at radius 2 is 1.48 bits per heavy atom. The maximum absolute atomic E-state index is 12.3. The summed E-state index contributed by atoms with van der Waals surface area (Å²) in [7, 11) is -7.12. The van der Waals surface area contributed by atoms with E-state index in [-0.39, 0.29) is 28.1 Å². The molecule has 0 bridgehead atoms. The monoisotopic (exact) mass is 402 g/mol. The van der Waals surface area contributed by atoms with Crippen LogP contribution in [0.5, 0.6) is 0 Å². The van der Waals surface area contributed by atoms with Crippen molar-refractivity contribution in [1.29, 1.82) is 0 Å². The minimum absolute atomic E-state index is 0.0359. The number of halogens is 1. The summed E-state index contributed by atoms with van der Waals surface area (Å²) in [5.41, 5.74) is 0.830. The normalized spacial score (nSPS) is 13.6. The van der Waals surface area contributed by atoms with Crippen LogP contribution < -0.4 is 10.5 Å². The van der Waals surface area contributed by atoms with E-state index >= 15 is 0 Å². The Hall–Kier alpha value is -1.45. The summed E-state index contributed by atoms with van der Waals surface area (Å²) >= 11 is 5.76. The number of hydrogen-bond donors (Lipinski definition) is 2. The molecular weight excluding hydrogens is 384 g/mol. The standard InChI is InChI=1S/C16H19ClN2O4S2/c1-12(13-2-6-16(7-3-13)25(18,22)23)19-10-11-24(20,21)15-8-4-14(17)5-9-15/h2-9,12,19H,10-11H2,1H3,(H2,18,22,23). The fourth-order valence-corrected chi connectivity index (χ4v) is 4.05. The Morgan fingerprint density at radius 3 is 2.00 bits per heavy atom. The first-order valence-electron chi connectivity index (χ1n) is 7.44. The minimum atomic E-state index is -3.72. The van der Waals surface area contributed by atoms with Gasteiger partial charge in [0.15, 0.2) is 9.84 Å². The van der Waals surface area contributed by atoms with Gasteiger partial charge in [0.25, 0.3) is 0 Å². The molecular formula is C16H19ClN2O4S2. The van der Waals surface area contributed by atoms with Crippen LogP contribution in [-0.2, 0) is 19.9 Å². The van der Waals surface area contributed by atoms with Crippen LogP contribution in [0, 0.1) is 0 Å². The SMILES string of the molecule is CC(NCCS(=O)(=O)c1ccc(Cl)cc1)c1ccc(S(N)(=O)=O)cc1. The molecule has 1 unspecified atom stereocenters. The molecule has 2 aromatic rings. The highest BCUT2D eigenvalue weighted by Crippen LogP contribution is 2.17. The third kappa shape index (κ3) is 5.52. The van der Waals surface area contributed by atoms with Crippen molar-refractivity contribution in [2.24, 2.45) is 5.14 Å². The van der Waals surface area contributed by atoms with Gasteiger partial charge < -0.3 is 5.32 Å². The van der Waals surface area contributed by atoms with Gasteiger partial charge in [-0.1, -0.05) is 23.7 Å². The largest absolute Gasteiger partial charge is 0.309 e. The molecule has 0 saturated carbocycles. The molecule has 0 spiro atoms. The van der Waals surface area contributed by atoms with Crippen LogP contribution in [0.1, 0.15) is 18.5 Å². The van der Waals surface area contributed by atoms with E-state index in [1.807, 2.05) is 6.92 Å². The Kier molecular flexibility index (Phi) is 6.23. The minimum Gasteiger partial charge on any atom is -0.309 e. The van der Waals surface area contributed by atoms with Crippen molar-refractivity contribution in [1.82, 2.24) is 5.32 Å². The van der Waals surface area contributed by atoms with Gasteiger partial charge in [-0.3, -0.25) is 0 Å². The number of rotatable bonds is 7. The molecule has 136 valence electrons. The molecule has 6 nitrogen and oxygen atoms in total. The summed E-state index contributed by atoms with van der Waals surface area (Å²) in [6.45, 7) is 2.12. The Bertz CT molecular complexity index is 925. The lowest BCUT2D eigenvalue weighted by atomic mass is 10.1. The summed E-state index contributed by atoms with van der Waals surface area (Å²) in [6, 6.07) is 12.0. The van der Waals surface area contributed by atoms with Gasteiger partial charge in [-0.05, 0) is 48.9 Å². The van der Waals surface area contributed by atoms with Gasteiger partial charge in [-0.2, -0.15) is 0 Å². The molecule has 1 atom stereocenters. The van der Waals surface area contributed by atoms with Crippen molar-refractivity contribution < 1.29 is 16.8 Å². The van der Waals surface area contributed by atoms with E-state index in [2.05, 4.69) is 5.32 Å². The molecule has 25 heavy (non-hydrogen) atoms. The molecule has 0 aromatic heterocycles. The average molecular weight is 403 g/mol. The number of sulfone groups is 1. The van der Waals surface area contributed by atoms with Crippen molar-refractivity contribution in [2.75, 3.05) is 12.3 Å². The van der Waals surface area contributed by atoms with E-state index in [1.165, 1.54) is 36.4 Å². The van der Waals surface area contributed by atoms with Crippen molar-refractivity contribution in [3.05, 3.63) is 59.1 Å². The average Bonchev–Trinajstić information content (AvgIpc) is 2.54. The Balaban J connectivity index is 1.96. The summed E-state index contributed by atoms with van der Waals surface area (Å²) < 4.78 is 47.0. The molecule has 0 aliphatic carbocycles. The fraction of sp³-hybridized carbons (Fsp3) is 0.250. The van der Waals surface area contributed by atoms with E-state index < -0.39 is 19.9 Å². The van der Waals surface area contributed by atoms with Gasteiger partial charge in [-0.25, -0.2) is 22.0 Å². The van der Waals surface area contributed by atoms with Crippen molar-refractivity contribution in [3.63, 3.8) is 0 Å². The summed E-state index contributed by atoms with van der Waals surface area (Å²) in [5.74, 6) is -0.0613. The molecule has 0 amide bonds. The maximum atomic E-state index is 12.3. The third-order valence-electron chi connectivity index (χ3n) is 3.70.